The van der Waals surface area contributed by atoms with Gasteiger partial charge in [-0.15, -0.1) is 0 Å². The molecular weight excluding hydrogens is 526 g/mol. The molecule has 1 fully saturated rings. The third-order valence-electron chi connectivity index (χ3n) is 7.64. The quantitative estimate of drug-likeness (QED) is 0.207. The molecule has 0 heterocycles. The predicted octanol–water partition coefficient (Wildman–Crippen LogP) is 5.68. The molecule has 1 aliphatic carbocycles. The van der Waals surface area contributed by atoms with Gasteiger partial charge in [0.1, 0.15) is 18.2 Å². The van der Waals surface area contributed by atoms with Crippen LogP contribution in [0.25, 0.3) is 0 Å². The van der Waals surface area contributed by atoms with Gasteiger partial charge in [0.15, 0.2) is 11.5 Å². The molecule has 41 heavy (non-hydrogen) atoms. The number of rotatable bonds is 15. The highest BCUT2D eigenvalue weighted by Crippen LogP contribution is 2.31. The number of benzene rings is 1. The molecule has 230 valence electrons. The molecular formula is C32H49NO8. The van der Waals surface area contributed by atoms with E-state index in [1.54, 1.807) is 45.9 Å². The van der Waals surface area contributed by atoms with Gasteiger partial charge in [-0.3, -0.25) is 19.2 Å². The number of hydrogen-bond donors (Lipinski definition) is 1. The summed E-state index contributed by atoms with van der Waals surface area (Å²) in [6.07, 6.45) is 6.63. The lowest BCUT2D eigenvalue weighted by atomic mass is 9.89. The van der Waals surface area contributed by atoms with Crippen LogP contribution in [-0.4, -0.2) is 42.1 Å². The minimum Gasteiger partial charge on any atom is -0.459 e. The van der Waals surface area contributed by atoms with Crippen LogP contribution < -0.4 is 15.2 Å². The third kappa shape index (κ3) is 11.1. The molecule has 1 saturated carbocycles. The first-order valence-corrected chi connectivity index (χ1v) is 15.2. The fourth-order valence-corrected chi connectivity index (χ4v) is 4.78. The average molecular weight is 576 g/mol. The Morgan fingerprint density at radius 3 is 1.88 bits per heavy atom. The molecule has 0 bridgehead atoms. The molecule has 2 unspecified atom stereocenters. The maximum atomic E-state index is 12.8. The first kappa shape index (κ1) is 34.3. The molecule has 1 aromatic carbocycles. The summed E-state index contributed by atoms with van der Waals surface area (Å²) in [4.78, 5) is 50.5. The molecule has 9 nitrogen and oxygen atoms in total. The summed E-state index contributed by atoms with van der Waals surface area (Å²) >= 11 is 0. The van der Waals surface area contributed by atoms with Crippen molar-refractivity contribution in [2.45, 2.75) is 124 Å². The summed E-state index contributed by atoms with van der Waals surface area (Å²) in [5, 5.41) is 0. The van der Waals surface area contributed by atoms with E-state index in [1.807, 2.05) is 13.8 Å². The van der Waals surface area contributed by atoms with Crippen LogP contribution in [0.15, 0.2) is 18.2 Å². The summed E-state index contributed by atoms with van der Waals surface area (Å²) in [7, 11) is 0. The van der Waals surface area contributed by atoms with Crippen LogP contribution >= 0.6 is 0 Å². The van der Waals surface area contributed by atoms with Crippen molar-refractivity contribution in [3.8, 4) is 11.5 Å². The smallest absolute Gasteiger partial charge is 0.323 e. The van der Waals surface area contributed by atoms with Gasteiger partial charge in [0.05, 0.1) is 17.8 Å². The van der Waals surface area contributed by atoms with E-state index in [-0.39, 0.29) is 41.6 Å². The van der Waals surface area contributed by atoms with Crippen molar-refractivity contribution in [3.63, 3.8) is 0 Å². The van der Waals surface area contributed by atoms with Crippen LogP contribution in [0, 0.1) is 17.8 Å². The first-order chi connectivity index (χ1) is 19.5. The van der Waals surface area contributed by atoms with Crippen molar-refractivity contribution in [3.05, 3.63) is 23.8 Å². The zero-order chi connectivity index (χ0) is 30.5. The summed E-state index contributed by atoms with van der Waals surface area (Å²) in [6.45, 7) is 10.9. The molecule has 2 N–H and O–H groups in total. The summed E-state index contributed by atoms with van der Waals surface area (Å²) in [6, 6.07) is 3.77. The normalized spacial score (nSPS) is 17.4. The zero-order valence-electron chi connectivity index (χ0n) is 25.6. The Kier molecular flexibility index (Phi) is 14.3. The number of hydrogen-bond acceptors (Lipinski definition) is 9. The second-order valence-electron chi connectivity index (χ2n) is 11.4. The van der Waals surface area contributed by atoms with Gasteiger partial charge in [-0.2, -0.15) is 0 Å². The van der Waals surface area contributed by atoms with Crippen molar-refractivity contribution in [1.29, 1.82) is 0 Å². The monoisotopic (exact) mass is 575 g/mol. The van der Waals surface area contributed by atoms with E-state index in [4.69, 9.17) is 24.7 Å². The van der Waals surface area contributed by atoms with Crippen LogP contribution in [0.2, 0.25) is 0 Å². The van der Waals surface area contributed by atoms with Gasteiger partial charge < -0.3 is 24.7 Å². The molecule has 2 rings (SSSR count). The van der Waals surface area contributed by atoms with E-state index in [0.717, 1.165) is 44.9 Å². The number of carbonyl (C=O) groups is 4. The second kappa shape index (κ2) is 17.1. The van der Waals surface area contributed by atoms with Crippen molar-refractivity contribution < 1.29 is 38.1 Å². The number of carbonyl (C=O) groups excluding carboxylic acids is 4. The lowest BCUT2D eigenvalue weighted by Crippen LogP contribution is -2.40. The highest BCUT2D eigenvalue weighted by atomic mass is 16.6. The lowest BCUT2D eigenvalue weighted by molar-refractivity contribution is -0.169. The third-order valence-corrected chi connectivity index (χ3v) is 7.64. The fraction of sp³-hybridized carbons (Fsp3) is 0.688. The number of ether oxygens (including phenoxy) is 4. The second-order valence-corrected chi connectivity index (χ2v) is 11.4. The van der Waals surface area contributed by atoms with E-state index in [1.165, 1.54) is 0 Å². The molecule has 0 saturated heterocycles. The van der Waals surface area contributed by atoms with Crippen LogP contribution in [0.3, 0.4) is 0 Å². The molecule has 0 aliphatic heterocycles. The van der Waals surface area contributed by atoms with Crippen molar-refractivity contribution in [2.75, 3.05) is 0 Å². The van der Waals surface area contributed by atoms with Crippen molar-refractivity contribution in [1.82, 2.24) is 0 Å². The molecule has 0 amide bonds. The van der Waals surface area contributed by atoms with Gasteiger partial charge in [0.25, 0.3) is 0 Å². The Bertz CT molecular complexity index is 1020. The van der Waals surface area contributed by atoms with Gasteiger partial charge in [-0.25, -0.2) is 0 Å². The van der Waals surface area contributed by atoms with E-state index in [9.17, 15) is 19.2 Å². The van der Waals surface area contributed by atoms with Crippen molar-refractivity contribution >= 4 is 23.9 Å². The summed E-state index contributed by atoms with van der Waals surface area (Å²) in [5.41, 5.74) is 6.77. The van der Waals surface area contributed by atoms with Gasteiger partial charge in [-0.1, -0.05) is 65.9 Å². The minimum atomic E-state index is -1.01. The predicted molar refractivity (Wildman–Crippen MR) is 155 cm³/mol. The summed E-state index contributed by atoms with van der Waals surface area (Å²) < 4.78 is 22.3. The van der Waals surface area contributed by atoms with E-state index in [2.05, 4.69) is 0 Å². The zero-order valence-corrected chi connectivity index (χ0v) is 25.6. The Balaban J connectivity index is 2.07. The van der Waals surface area contributed by atoms with E-state index < -0.39 is 36.2 Å². The lowest BCUT2D eigenvalue weighted by Gasteiger charge is -2.26. The Labute approximate surface area is 244 Å². The Morgan fingerprint density at radius 1 is 0.780 bits per heavy atom. The molecule has 0 spiro atoms. The molecule has 9 heteroatoms. The molecule has 1 aromatic rings. The number of nitrogens with two attached hydrogens (primary N) is 1. The van der Waals surface area contributed by atoms with Gasteiger partial charge >= 0.3 is 23.9 Å². The van der Waals surface area contributed by atoms with Gasteiger partial charge in [0.2, 0.25) is 0 Å². The first-order valence-electron chi connectivity index (χ1n) is 15.2. The topological polar surface area (TPSA) is 131 Å². The maximum absolute atomic E-state index is 12.8. The van der Waals surface area contributed by atoms with Crippen molar-refractivity contribution in [2.24, 2.45) is 23.5 Å². The van der Waals surface area contributed by atoms with E-state index >= 15 is 0 Å². The Hall–Kier alpha value is -2.94. The van der Waals surface area contributed by atoms with E-state index in [0.29, 0.717) is 18.4 Å². The Morgan fingerprint density at radius 2 is 1.32 bits per heavy atom. The fourth-order valence-electron chi connectivity index (χ4n) is 4.78. The molecule has 1 aliphatic rings. The average Bonchev–Trinajstić information content (AvgIpc) is 2.94. The van der Waals surface area contributed by atoms with Gasteiger partial charge in [-0.05, 0) is 63.6 Å². The summed E-state index contributed by atoms with van der Waals surface area (Å²) in [5.74, 6) is -2.23. The van der Waals surface area contributed by atoms with Crippen LogP contribution in [-0.2, 0) is 35.1 Å². The highest BCUT2D eigenvalue weighted by molar-refractivity contribution is 5.79. The molecule has 5 atom stereocenters. The minimum absolute atomic E-state index is 0.0946. The SMILES string of the molecule is CCCC(C)C(=O)Oc1ccc(C[C@H](N)C(=O)O[C@@H](C)[C@H](C)OC(=O)C2CCCCC2)cc1OC(=O)C(C)CCC. The van der Waals surface area contributed by atoms with Gasteiger partial charge in [0, 0.05) is 0 Å². The highest BCUT2D eigenvalue weighted by Gasteiger charge is 2.29. The maximum Gasteiger partial charge on any atom is 0.323 e. The van der Waals surface area contributed by atoms with Crippen LogP contribution in [0.4, 0.5) is 0 Å². The van der Waals surface area contributed by atoms with Crippen LogP contribution in [0.5, 0.6) is 11.5 Å². The molecule has 0 radical (unpaired) electrons. The van der Waals surface area contributed by atoms with Crippen LogP contribution in [0.1, 0.15) is 105 Å². The molecule has 0 aromatic heterocycles. The largest absolute Gasteiger partial charge is 0.459 e. The number of esters is 4. The standard InChI is InChI=1S/C32H49NO8/c1-7-12-20(3)29(34)40-27-17-16-24(19-28(27)41-30(35)21(4)13-8-2)18-26(33)32(37)39-23(6)22(5)38-31(36)25-14-10-9-11-15-25/h16-17,19-23,25-26H,7-15,18,33H2,1-6H3/t20?,21?,22-,23-,26-/m0/s1.